The van der Waals surface area contributed by atoms with Crippen LogP contribution in [0.4, 0.5) is 0 Å². The zero-order chi connectivity index (χ0) is 24.6. The lowest BCUT2D eigenvalue weighted by atomic mass is 9.89. The van der Waals surface area contributed by atoms with Gasteiger partial charge in [0.15, 0.2) is 0 Å². The molecule has 0 bridgehead atoms. The average molecular weight is 556 g/mol. The summed E-state index contributed by atoms with van der Waals surface area (Å²) < 4.78 is 11.2. The van der Waals surface area contributed by atoms with Crippen molar-refractivity contribution in [1.82, 2.24) is 9.80 Å². The highest BCUT2D eigenvalue weighted by Gasteiger charge is 2.23. The van der Waals surface area contributed by atoms with Crippen LogP contribution in [0.2, 0.25) is 10.0 Å². The normalized spacial score (nSPS) is 18.1. The van der Waals surface area contributed by atoms with Gasteiger partial charge in [0, 0.05) is 31.3 Å². The van der Waals surface area contributed by atoms with Gasteiger partial charge < -0.3 is 24.4 Å². The molecule has 196 valence electrons. The van der Waals surface area contributed by atoms with Crippen molar-refractivity contribution in [2.75, 3.05) is 52.5 Å². The number of aliphatic hydroxyl groups excluding tert-OH is 1. The van der Waals surface area contributed by atoms with E-state index in [9.17, 15) is 9.90 Å². The maximum atomic E-state index is 12.4. The first-order chi connectivity index (χ1) is 17.0. The molecule has 1 unspecified atom stereocenters. The third-order valence-electron chi connectivity index (χ3n) is 6.55. The fraction of sp³-hybridized carbons (Fsp3) is 0.444. The van der Waals surface area contributed by atoms with Crippen molar-refractivity contribution in [2.45, 2.75) is 24.9 Å². The van der Waals surface area contributed by atoms with E-state index in [1.165, 1.54) is 5.56 Å². The van der Waals surface area contributed by atoms with E-state index in [0.29, 0.717) is 54.6 Å². The zero-order valence-electron chi connectivity index (χ0n) is 20.2. The van der Waals surface area contributed by atoms with Crippen molar-refractivity contribution in [3.63, 3.8) is 0 Å². The topological polar surface area (TPSA) is 62.2 Å². The number of likely N-dealkylation sites (tertiary alicyclic amines) is 1. The molecule has 2 fully saturated rings. The van der Waals surface area contributed by atoms with Gasteiger partial charge in [-0.2, -0.15) is 0 Å². The highest BCUT2D eigenvalue weighted by atomic mass is 35.5. The molecule has 1 atom stereocenters. The minimum absolute atomic E-state index is 0. The first-order valence-corrected chi connectivity index (χ1v) is 12.9. The monoisotopic (exact) mass is 554 g/mol. The lowest BCUT2D eigenvalue weighted by molar-refractivity contribution is -0.129. The number of carbonyl (C=O) groups is 1. The number of ether oxygens (including phenoxy) is 2. The minimum Gasteiger partial charge on any atom is -0.490 e. The van der Waals surface area contributed by atoms with Gasteiger partial charge in [-0.1, -0.05) is 47.5 Å². The molecule has 0 aromatic heterocycles. The molecule has 36 heavy (non-hydrogen) atoms. The van der Waals surface area contributed by atoms with Gasteiger partial charge in [0.2, 0.25) is 5.91 Å². The molecule has 0 radical (unpaired) electrons. The van der Waals surface area contributed by atoms with Crippen LogP contribution in [0, 0.1) is 0 Å². The third-order valence-corrected chi connectivity index (χ3v) is 7.29. The Kier molecular flexibility index (Phi) is 11.4. The van der Waals surface area contributed by atoms with E-state index in [-0.39, 0.29) is 24.9 Å². The van der Waals surface area contributed by atoms with Gasteiger partial charge in [0.05, 0.1) is 23.3 Å². The number of aliphatic hydroxyl groups is 1. The van der Waals surface area contributed by atoms with Crippen molar-refractivity contribution in [3.05, 3.63) is 69.7 Å². The van der Waals surface area contributed by atoms with Crippen LogP contribution in [0.5, 0.6) is 5.75 Å². The van der Waals surface area contributed by atoms with E-state index in [1.54, 1.807) is 17.1 Å². The summed E-state index contributed by atoms with van der Waals surface area (Å²) in [4.78, 5) is 16.4. The predicted molar refractivity (Wildman–Crippen MR) is 147 cm³/mol. The Morgan fingerprint density at radius 3 is 2.53 bits per heavy atom. The summed E-state index contributed by atoms with van der Waals surface area (Å²) in [6, 6.07) is 13.4. The molecule has 1 amide bonds. The van der Waals surface area contributed by atoms with Crippen molar-refractivity contribution < 1.29 is 19.4 Å². The number of piperidine rings is 1. The van der Waals surface area contributed by atoms with Gasteiger partial charge in [0.1, 0.15) is 18.5 Å². The van der Waals surface area contributed by atoms with Crippen molar-refractivity contribution in [1.29, 1.82) is 0 Å². The molecule has 2 aliphatic rings. The molecular weight excluding hydrogens is 523 g/mol. The molecule has 2 aliphatic heterocycles. The number of carbonyl (C=O) groups excluding carboxylic acids is 1. The van der Waals surface area contributed by atoms with Crippen molar-refractivity contribution >= 4 is 47.6 Å². The van der Waals surface area contributed by atoms with Crippen LogP contribution in [0.25, 0.3) is 6.08 Å². The zero-order valence-corrected chi connectivity index (χ0v) is 22.5. The standard InChI is InChI=1S/C27H32Cl2N2O4.ClH/c28-24-7-5-22(17-25(24)29)20-9-11-30(12-10-20)18-23(32)19-35-26-4-2-1-3-21(26)6-8-27(33)31-13-15-34-16-14-31;/h1-8,17,20,23,32H,9-16,18-19H2;1H. The van der Waals surface area contributed by atoms with Crippen LogP contribution in [0.3, 0.4) is 0 Å². The Morgan fingerprint density at radius 2 is 1.81 bits per heavy atom. The smallest absolute Gasteiger partial charge is 0.246 e. The summed E-state index contributed by atoms with van der Waals surface area (Å²) in [5.41, 5.74) is 2.03. The van der Waals surface area contributed by atoms with E-state index in [0.717, 1.165) is 31.5 Å². The number of nitrogens with zero attached hydrogens (tertiary/aromatic N) is 2. The fourth-order valence-corrected chi connectivity index (χ4v) is 4.86. The Labute approximate surface area is 229 Å². The maximum Gasteiger partial charge on any atom is 0.246 e. The van der Waals surface area contributed by atoms with E-state index < -0.39 is 6.10 Å². The Balaban J connectivity index is 0.00000361. The van der Waals surface area contributed by atoms with E-state index in [2.05, 4.69) is 11.0 Å². The molecule has 0 aliphatic carbocycles. The summed E-state index contributed by atoms with van der Waals surface area (Å²) in [5.74, 6) is 1.07. The number of rotatable bonds is 8. The average Bonchev–Trinajstić information content (AvgIpc) is 2.89. The number of hydrogen-bond acceptors (Lipinski definition) is 5. The number of morpholine rings is 1. The molecule has 2 heterocycles. The summed E-state index contributed by atoms with van der Waals surface area (Å²) in [6.45, 7) is 4.93. The molecule has 6 nitrogen and oxygen atoms in total. The molecule has 2 aromatic carbocycles. The minimum atomic E-state index is -0.608. The van der Waals surface area contributed by atoms with E-state index in [1.807, 2.05) is 36.4 Å². The largest absolute Gasteiger partial charge is 0.490 e. The lowest BCUT2D eigenvalue weighted by Gasteiger charge is -2.33. The second kappa shape index (κ2) is 14.2. The second-order valence-corrected chi connectivity index (χ2v) is 9.84. The van der Waals surface area contributed by atoms with Crippen molar-refractivity contribution in [3.8, 4) is 5.75 Å². The van der Waals surface area contributed by atoms with Crippen LogP contribution in [0.1, 0.15) is 29.9 Å². The molecule has 0 saturated carbocycles. The number of β-amino-alcohol motifs (C(OH)–C–C–N with tert-alkyl or cyclic N) is 1. The third kappa shape index (κ3) is 8.10. The predicted octanol–water partition coefficient (Wildman–Crippen LogP) is 4.91. The van der Waals surface area contributed by atoms with Gasteiger partial charge in [-0.05, 0) is 61.7 Å². The molecule has 0 spiro atoms. The molecule has 2 saturated heterocycles. The summed E-state index contributed by atoms with van der Waals surface area (Å²) in [5, 5.41) is 11.8. The Hall–Kier alpha value is -1.80. The van der Waals surface area contributed by atoms with E-state index in [4.69, 9.17) is 32.7 Å². The highest BCUT2D eigenvalue weighted by molar-refractivity contribution is 6.42. The summed E-state index contributed by atoms with van der Waals surface area (Å²) in [6.07, 6.45) is 4.76. The Morgan fingerprint density at radius 1 is 1.08 bits per heavy atom. The van der Waals surface area contributed by atoms with Crippen LogP contribution < -0.4 is 4.74 Å². The number of hydrogen-bond donors (Lipinski definition) is 1. The van der Waals surface area contributed by atoms with Gasteiger partial charge in [-0.3, -0.25) is 4.79 Å². The van der Waals surface area contributed by atoms with E-state index >= 15 is 0 Å². The number of benzene rings is 2. The van der Waals surface area contributed by atoms with Crippen molar-refractivity contribution in [2.24, 2.45) is 0 Å². The van der Waals surface area contributed by atoms with Crippen LogP contribution in [-0.4, -0.2) is 79.5 Å². The number of halogens is 3. The Bertz CT molecular complexity index is 1020. The van der Waals surface area contributed by atoms with Crippen LogP contribution >= 0.6 is 35.6 Å². The quantitative estimate of drug-likeness (QED) is 0.469. The first-order valence-electron chi connectivity index (χ1n) is 12.1. The lowest BCUT2D eigenvalue weighted by Crippen LogP contribution is -2.40. The summed E-state index contributed by atoms with van der Waals surface area (Å²) >= 11 is 12.2. The molecule has 2 aromatic rings. The maximum absolute atomic E-state index is 12.4. The summed E-state index contributed by atoms with van der Waals surface area (Å²) in [7, 11) is 0. The molecule has 4 rings (SSSR count). The first kappa shape index (κ1) is 28.8. The number of amides is 1. The second-order valence-electron chi connectivity index (χ2n) is 9.02. The van der Waals surface area contributed by atoms with Gasteiger partial charge >= 0.3 is 0 Å². The van der Waals surface area contributed by atoms with Crippen LogP contribution in [-0.2, 0) is 9.53 Å². The molecule has 9 heteroatoms. The molecular formula is C27H33Cl3N2O4. The molecule has 1 N–H and O–H groups in total. The fourth-order valence-electron chi connectivity index (χ4n) is 4.55. The van der Waals surface area contributed by atoms with Gasteiger partial charge in [-0.25, -0.2) is 0 Å². The SMILES string of the molecule is Cl.O=C(C=Cc1ccccc1OCC(O)CN1CCC(c2ccc(Cl)c(Cl)c2)CC1)N1CCOCC1. The van der Waals surface area contributed by atoms with Gasteiger partial charge in [0.25, 0.3) is 0 Å². The van der Waals surface area contributed by atoms with Crippen LogP contribution in [0.15, 0.2) is 48.5 Å². The highest BCUT2D eigenvalue weighted by Crippen LogP contribution is 2.32. The van der Waals surface area contributed by atoms with Gasteiger partial charge in [-0.15, -0.1) is 12.4 Å². The number of para-hydroxylation sites is 1.